The molecule has 0 spiro atoms. The minimum Gasteiger partial charge on any atom is -0.384 e. The molecule has 1 amide bonds. The van der Waals surface area contributed by atoms with Crippen molar-refractivity contribution < 1.29 is 9.18 Å². The Hall–Kier alpha value is -2.93. The van der Waals surface area contributed by atoms with Crippen molar-refractivity contribution in [2.45, 2.75) is 0 Å². The van der Waals surface area contributed by atoms with Gasteiger partial charge in [-0.25, -0.2) is 9.37 Å². The fourth-order valence-corrected chi connectivity index (χ4v) is 2.28. The van der Waals surface area contributed by atoms with E-state index in [1.807, 2.05) is 0 Å². The maximum absolute atomic E-state index is 13.0. The van der Waals surface area contributed by atoms with E-state index in [1.165, 1.54) is 30.5 Å². The lowest BCUT2D eigenvalue weighted by Gasteiger charge is -2.07. The van der Waals surface area contributed by atoms with Crippen molar-refractivity contribution in [1.82, 2.24) is 15.2 Å². The summed E-state index contributed by atoms with van der Waals surface area (Å²) < 4.78 is 13.0. The first-order chi connectivity index (χ1) is 11.0. The molecule has 0 bridgehead atoms. The molecule has 116 valence electrons. The summed E-state index contributed by atoms with van der Waals surface area (Å²) in [5, 5.41) is 9.40. The number of amides is 1. The average Bonchev–Trinajstić information content (AvgIpc) is 2.95. The lowest BCUT2D eigenvalue weighted by molar-refractivity contribution is 0.102. The van der Waals surface area contributed by atoms with Gasteiger partial charge < -0.3 is 11.1 Å². The third-order valence-electron chi connectivity index (χ3n) is 3.11. The number of nitrogens with zero attached hydrogens (tertiary/aromatic N) is 2. The van der Waals surface area contributed by atoms with Crippen LogP contribution in [-0.4, -0.2) is 21.1 Å². The zero-order chi connectivity index (χ0) is 16.4. The Labute approximate surface area is 135 Å². The van der Waals surface area contributed by atoms with Gasteiger partial charge in [0.05, 0.1) is 6.20 Å². The number of H-pyrrole nitrogens is 1. The average molecular weight is 332 g/mol. The number of halogens is 2. The maximum atomic E-state index is 13.0. The van der Waals surface area contributed by atoms with Crippen LogP contribution < -0.4 is 11.1 Å². The van der Waals surface area contributed by atoms with Crippen LogP contribution in [0.3, 0.4) is 0 Å². The van der Waals surface area contributed by atoms with Gasteiger partial charge in [-0.15, -0.1) is 0 Å². The predicted octanol–water partition coefficient (Wildman–Crippen LogP) is 3.10. The van der Waals surface area contributed by atoms with Gasteiger partial charge >= 0.3 is 0 Å². The summed E-state index contributed by atoms with van der Waals surface area (Å²) >= 11 is 5.79. The molecular formula is C15H11ClFN5O. The van der Waals surface area contributed by atoms with Crippen molar-refractivity contribution >= 4 is 29.1 Å². The van der Waals surface area contributed by atoms with E-state index in [-0.39, 0.29) is 22.4 Å². The van der Waals surface area contributed by atoms with Crippen molar-refractivity contribution in [3.05, 3.63) is 59.1 Å². The Balaban J connectivity index is 1.88. The van der Waals surface area contributed by atoms with Gasteiger partial charge in [0.25, 0.3) is 5.91 Å². The smallest absolute Gasteiger partial charge is 0.257 e. The van der Waals surface area contributed by atoms with Crippen molar-refractivity contribution in [2.75, 3.05) is 11.1 Å². The molecule has 0 saturated heterocycles. The number of anilines is 2. The van der Waals surface area contributed by atoms with E-state index in [2.05, 4.69) is 20.5 Å². The highest BCUT2D eigenvalue weighted by Crippen LogP contribution is 2.26. The number of hydrogen-bond acceptors (Lipinski definition) is 4. The highest BCUT2D eigenvalue weighted by Gasteiger charge is 2.14. The number of aromatic nitrogens is 3. The van der Waals surface area contributed by atoms with E-state index in [0.717, 1.165) is 0 Å². The molecule has 3 rings (SSSR count). The molecular weight excluding hydrogens is 321 g/mol. The Kier molecular flexibility index (Phi) is 3.94. The third kappa shape index (κ3) is 3.29. The zero-order valence-electron chi connectivity index (χ0n) is 11.7. The molecule has 1 aromatic carbocycles. The summed E-state index contributed by atoms with van der Waals surface area (Å²) in [5.41, 5.74) is 7.18. The second-order valence-corrected chi connectivity index (χ2v) is 5.11. The zero-order valence-corrected chi connectivity index (χ0v) is 12.4. The Morgan fingerprint density at radius 3 is 2.70 bits per heavy atom. The van der Waals surface area contributed by atoms with Gasteiger partial charge in [0.1, 0.15) is 22.6 Å². The van der Waals surface area contributed by atoms with Crippen LogP contribution in [0.4, 0.5) is 16.0 Å². The van der Waals surface area contributed by atoms with E-state index in [4.69, 9.17) is 17.3 Å². The first-order valence-electron chi connectivity index (χ1n) is 6.56. The normalized spacial score (nSPS) is 10.5. The summed E-state index contributed by atoms with van der Waals surface area (Å²) in [6.45, 7) is 0. The van der Waals surface area contributed by atoms with Crippen LogP contribution >= 0.6 is 11.6 Å². The van der Waals surface area contributed by atoms with E-state index in [1.54, 1.807) is 12.1 Å². The topological polar surface area (TPSA) is 96.7 Å². The van der Waals surface area contributed by atoms with E-state index in [0.29, 0.717) is 16.9 Å². The minimum absolute atomic E-state index is 0.124. The Morgan fingerprint density at radius 2 is 2.00 bits per heavy atom. The van der Waals surface area contributed by atoms with Gasteiger partial charge in [-0.05, 0) is 29.8 Å². The molecule has 0 atom stereocenters. The second-order valence-electron chi connectivity index (χ2n) is 4.72. The molecule has 0 aliphatic carbocycles. The van der Waals surface area contributed by atoms with Gasteiger partial charge in [0.2, 0.25) is 0 Å². The SMILES string of the molecule is Nc1cc(C(=O)Nc2[nH]ncc2-c2ccc(F)cc2)cc(Cl)n1. The molecule has 3 aromatic rings. The van der Waals surface area contributed by atoms with Gasteiger partial charge in [0, 0.05) is 11.1 Å². The van der Waals surface area contributed by atoms with Crippen molar-refractivity contribution in [3.8, 4) is 11.1 Å². The maximum Gasteiger partial charge on any atom is 0.257 e. The van der Waals surface area contributed by atoms with Crippen LogP contribution in [0.15, 0.2) is 42.6 Å². The number of carbonyl (C=O) groups is 1. The van der Waals surface area contributed by atoms with Crippen LogP contribution in [0.5, 0.6) is 0 Å². The summed E-state index contributed by atoms with van der Waals surface area (Å²) in [7, 11) is 0. The lowest BCUT2D eigenvalue weighted by atomic mass is 10.1. The molecule has 6 nitrogen and oxygen atoms in total. The first-order valence-corrected chi connectivity index (χ1v) is 6.94. The molecule has 0 saturated carbocycles. The van der Waals surface area contributed by atoms with Gasteiger partial charge in [-0.1, -0.05) is 23.7 Å². The number of carbonyl (C=O) groups excluding carboxylic acids is 1. The van der Waals surface area contributed by atoms with E-state index in [9.17, 15) is 9.18 Å². The van der Waals surface area contributed by atoms with Crippen molar-refractivity contribution in [3.63, 3.8) is 0 Å². The third-order valence-corrected chi connectivity index (χ3v) is 3.30. The predicted molar refractivity (Wildman–Crippen MR) is 85.6 cm³/mol. The number of nitrogens with two attached hydrogens (primary N) is 1. The summed E-state index contributed by atoms with van der Waals surface area (Å²) in [6, 6.07) is 8.67. The highest BCUT2D eigenvalue weighted by molar-refractivity contribution is 6.30. The Morgan fingerprint density at radius 1 is 1.26 bits per heavy atom. The number of aromatic amines is 1. The monoisotopic (exact) mass is 331 g/mol. The van der Waals surface area contributed by atoms with Crippen molar-refractivity contribution in [1.29, 1.82) is 0 Å². The van der Waals surface area contributed by atoms with Crippen molar-refractivity contribution in [2.24, 2.45) is 0 Å². The molecule has 0 aliphatic rings. The molecule has 0 radical (unpaired) electrons. The molecule has 2 heterocycles. The standard InChI is InChI=1S/C15H11ClFN5O/c16-12-5-9(6-13(18)20-12)15(23)21-14-11(7-19-22-14)8-1-3-10(17)4-2-8/h1-7H,(H2,18,20)(H2,19,21,22,23). The van der Waals surface area contributed by atoms with Crippen LogP contribution in [0.1, 0.15) is 10.4 Å². The number of nitrogens with one attached hydrogen (secondary N) is 2. The molecule has 4 N–H and O–H groups in total. The fourth-order valence-electron chi connectivity index (χ4n) is 2.06. The van der Waals surface area contributed by atoms with Crippen LogP contribution in [0, 0.1) is 5.82 Å². The second kappa shape index (κ2) is 6.05. The number of benzene rings is 1. The number of rotatable bonds is 3. The highest BCUT2D eigenvalue weighted by atomic mass is 35.5. The van der Waals surface area contributed by atoms with E-state index >= 15 is 0 Å². The van der Waals surface area contributed by atoms with Crippen LogP contribution in [0.25, 0.3) is 11.1 Å². The summed E-state index contributed by atoms with van der Waals surface area (Å²) in [6.07, 6.45) is 1.54. The molecule has 0 unspecified atom stereocenters. The number of hydrogen-bond donors (Lipinski definition) is 3. The summed E-state index contributed by atoms with van der Waals surface area (Å²) in [5.74, 6) is -0.238. The molecule has 0 fully saturated rings. The van der Waals surface area contributed by atoms with Gasteiger partial charge in [-0.2, -0.15) is 5.10 Å². The minimum atomic E-state index is -0.423. The molecule has 8 heteroatoms. The largest absolute Gasteiger partial charge is 0.384 e. The van der Waals surface area contributed by atoms with Crippen LogP contribution in [-0.2, 0) is 0 Å². The molecule has 23 heavy (non-hydrogen) atoms. The molecule has 2 aromatic heterocycles. The number of pyridine rings is 1. The Bertz CT molecular complexity index is 842. The molecule has 0 aliphatic heterocycles. The van der Waals surface area contributed by atoms with Gasteiger partial charge in [0.15, 0.2) is 0 Å². The lowest BCUT2D eigenvalue weighted by Crippen LogP contribution is -2.13. The number of nitrogen functional groups attached to an aromatic ring is 1. The van der Waals surface area contributed by atoms with Gasteiger partial charge in [-0.3, -0.25) is 9.89 Å². The fraction of sp³-hybridized carbons (Fsp3) is 0. The van der Waals surface area contributed by atoms with Crippen LogP contribution in [0.2, 0.25) is 5.15 Å². The first kappa shape index (κ1) is 15.0. The summed E-state index contributed by atoms with van der Waals surface area (Å²) in [4.78, 5) is 16.1. The van der Waals surface area contributed by atoms with E-state index < -0.39 is 5.91 Å². The quantitative estimate of drug-likeness (QED) is 0.642.